The Morgan fingerprint density at radius 3 is 2.76 bits per heavy atom. The summed E-state index contributed by atoms with van der Waals surface area (Å²) >= 11 is 0. The van der Waals surface area contributed by atoms with E-state index in [0.29, 0.717) is 46.1 Å². The minimum atomic E-state index is -0.301. The van der Waals surface area contributed by atoms with Gasteiger partial charge in [0.25, 0.3) is 0 Å². The van der Waals surface area contributed by atoms with Crippen molar-refractivity contribution in [1.82, 2.24) is 4.90 Å². The summed E-state index contributed by atoms with van der Waals surface area (Å²) in [7, 11) is 1.56. The van der Waals surface area contributed by atoms with E-state index in [4.69, 9.17) is 4.74 Å². The number of rotatable bonds is 7. The maximum absolute atomic E-state index is 15.6. The van der Waals surface area contributed by atoms with E-state index in [0.717, 1.165) is 36.0 Å². The molecule has 0 saturated heterocycles. The Morgan fingerprint density at radius 2 is 2.12 bits per heavy atom. The maximum atomic E-state index is 15.6. The van der Waals surface area contributed by atoms with E-state index in [9.17, 15) is 4.79 Å². The summed E-state index contributed by atoms with van der Waals surface area (Å²) in [6.07, 6.45) is 10.3. The lowest BCUT2D eigenvalue weighted by Gasteiger charge is -2.30. The molecule has 34 heavy (non-hydrogen) atoms. The van der Waals surface area contributed by atoms with Gasteiger partial charge in [-0.3, -0.25) is 4.79 Å². The number of aryl methyl sites for hydroxylation is 1. The fourth-order valence-corrected chi connectivity index (χ4v) is 4.25. The number of aliphatic imine (C=N–C) groups is 1. The quantitative estimate of drug-likeness (QED) is 0.446. The summed E-state index contributed by atoms with van der Waals surface area (Å²) in [6.45, 7) is 11.8. The molecular weight excluding hydrogens is 429 g/mol. The van der Waals surface area contributed by atoms with Gasteiger partial charge in [0.15, 0.2) is 5.84 Å². The van der Waals surface area contributed by atoms with Crippen LogP contribution in [0.3, 0.4) is 0 Å². The Kier molecular flexibility index (Phi) is 8.05. The molecule has 0 unspecified atom stereocenters. The lowest BCUT2D eigenvalue weighted by atomic mass is 10.0. The second-order valence-corrected chi connectivity index (χ2v) is 8.21. The van der Waals surface area contributed by atoms with Crippen molar-refractivity contribution in [2.45, 2.75) is 47.0 Å². The van der Waals surface area contributed by atoms with Crippen molar-refractivity contribution in [3.05, 3.63) is 100 Å². The molecule has 0 aromatic heterocycles. The molecule has 0 saturated carbocycles. The van der Waals surface area contributed by atoms with Crippen LogP contribution in [0.5, 0.6) is 0 Å². The van der Waals surface area contributed by atoms with E-state index in [1.165, 1.54) is 0 Å². The zero-order chi connectivity index (χ0) is 24.8. The first kappa shape index (κ1) is 25.0. The van der Waals surface area contributed by atoms with Crippen molar-refractivity contribution in [2.24, 2.45) is 4.99 Å². The third-order valence-electron chi connectivity index (χ3n) is 5.99. The molecule has 0 spiro atoms. The van der Waals surface area contributed by atoms with Crippen LogP contribution in [-0.2, 0) is 11.2 Å². The average Bonchev–Trinajstić information content (AvgIpc) is 2.93. The summed E-state index contributed by atoms with van der Waals surface area (Å²) in [4.78, 5) is 17.7. The van der Waals surface area contributed by atoms with Gasteiger partial charge in [-0.05, 0) is 62.9 Å². The number of ether oxygens (including phenoxy) is 1. The van der Waals surface area contributed by atoms with Crippen LogP contribution in [0.4, 0.5) is 10.1 Å². The molecule has 1 N–H and O–H groups in total. The number of hydrogen-bond donors (Lipinski definition) is 1. The third-order valence-corrected chi connectivity index (χ3v) is 5.99. The Bertz CT molecular complexity index is 1180. The number of benzene rings is 1. The lowest BCUT2D eigenvalue weighted by Crippen LogP contribution is -2.29. The average molecular weight is 462 g/mol. The van der Waals surface area contributed by atoms with E-state index in [1.807, 2.05) is 43.0 Å². The van der Waals surface area contributed by atoms with Crippen molar-refractivity contribution in [1.29, 1.82) is 0 Å². The molecule has 0 fully saturated rings. The minimum Gasteiger partial charge on any atom is -0.496 e. The number of allylic oxidation sites excluding steroid dienone is 6. The molecule has 0 amide bonds. The standard InChI is InChI=1S/C28H32FN3O2/c1-7-9-21-16-23(12-11-22(21)17-33)31-28-20(5)32(15-14-30-28)25(8-2)24-13-10-18(3)27(34-6)19(4)26(24)29/h8,10-12,14-17H,5,7,9,13H2,1-4,6H3,(H,30,31)/b25-8-. The van der Waals surface area contributed by atoms with Gasteiger partial charge in [-0.2, -0.15) is 0 Å². The highest BCUT2D eigenvalue weighted by Gasteiger charge is 2.26. The second-order valence-electron chi connectivity index (χ2n) is 8.21. The number of carbonyl (C=O) groups is 1. The SMILES string of the molecule is C=C1C(Nc2ccc(C=O)c(CCC)c2)=NC=CN1/C(=C\C)C1=C(F)C(C)=C(OC)C(C)=CC1. The molecule has 0 atom stereocenters. The fourth-order valence-electron chi connectivity index (χ4n) is 4.25. The van der Waals surface area contributed by atoms with E-state index < -0.39 is 0 Å². The van der Waals surface area contributed by atoms with Crippen LogP contribution in [0.2, 0.25) is 0 Å². The van der Waals surface area contributed by atoms with Gasteiger partial charge in [0.1, 0.15) is 17.9 Å². The predicted molar refractivity (Wildman–Crippen MR) is 137 cm³/mol. The summed E-state index contributed by atoms with van der Waals surface area (Å²) in [5.41, 5.74) is 5.69. The third kappa shape index (κ3) is 4.96. The first-order valence-electron chi connectivity index (χ1n) is 11.4. The largest absolute Gasteiger partial charge is 0.496 e. The Morgan fingerprint density at radius 1 is 1.35 bits per heavy atom. The topological polar surface area (TPSA) is 53.9 Å². The van der Waals surface area contributed by atoms with Gasteiger partial charge in [-0.25, -0.2) is 9.38 Å². The minimum absolute atomic E-state index is 0.301. The molecule has 5 nitrogen and oxygen atoms in total. The zero-order valence-corrected chi connectivity index (χ0v) is 20.5. The van der Waals surface area contributed by atoms with Crippen LogP contribution in [0.25, 0.3) is 0 Å². The second kappa shape index (κ2) is 11.0. The van der Waals surface area contributed by atoms with Crippen LogP contribution in [-0.4, -0.2) is 24.1 Å². The Labute approximate surface area is 201 Å². The van der Waals surface area contributed by atoms with Crippen LogP contribution in [0.1, 0.15) is 56.5 Å². The fraction of sp³-hybridized carbons (Fsp3) is 0.286. The molecule has 178 valence electrons. The van der Waals surface area contributed by atoms with Crippen molar-refractivity contribution in [3.8, 4) is 0 Å². The number of methoxy groups -OCH3 is 1. The van der Waals surface area contributed by atoms with Gasteiger partial charge in [-0.15, -0.1) is 0 Å². The van der Waals surface area contributed by atoms with Crippen LogP contribution >= 0.6 is 0 Å². The van der Waals surface area contributed by atoms with Crippen LogP contribution in [0.15, 0.2) is 94.0 Å². The molecule has 1 heterocycles. The maximum Gasteiger partial charge on any atom is 0.154 e. The summed E-state index contributed by atoms with van der Waals surface area (Å²) in [5.74, 6) is 0.806. The molecule has 1 aliphatic heterocycles. The Hall–Kier alpha value is -3.67. The van der Waals surface area contributed by atoms with Crippen molar-refractivity contribution in [2.75, 3.05) is 12.4 Å². The predicted octanol–water partition coefficient (Wildman–Crippen LogP) is 6.96. The van der Waals surface area contributed by atoms with E-state index in [1.54, 1.807) is 32.5 Å². The monoisotopic (exact) mass is 461 g/mol. The van der Waals surface area contributed by atoms with Gasteiger partial charge in [0, 0.05) is 40.5 Å². The number of hydrogen-bond acceptors (Lipinski definition) is 5. The summed E-state index contributed by atoms with van der Waals surface area (Å²) < 4.78 is 21.0. The van der Waals surface area contributed by atoms with E-state index >= 15 is 4.39 Å². The number of halogens is 1. The van der Waals surface area contributed by atoms with Crippen molar-refractivity contribution >= 4 is 17.8 Å². The zero-order valence-electron chi connectivity index (χ0n) is 20.5. The molecule has 1 aliphatic carbocycles. The van der Waals surface area contributed by atoms with Gasteiger partial charge >= 0.3 is 0 Å². The number of aldehydes is 1. The summed E-state index contributed by atoms with van der Waals surface area (Å²) in [6, 6.07) is 5.61. The molecule has 1 aromatic rings. The number of anilines is 1. The highest BCUT2D eigenvalue weighted by atomic mass is 19.1. The van der Waals surface area contributed by atoms with Crippen molar-refractivity contribution < 1.29 is 13.9 Å². The number of amidine groups is 1. The number of nitrogens with zero attached hydrogens (tertiary/aromatic N) is 2. The van der Waals surface area contributed by atoms with Crippen molar-refractivity contribution in [3.63, 3.8) is 0 Å². The molecule has 3 rings (SSSR count). The van der Waals surface area contributed by atoms with Crippen LogP contribution < -0.4 is 5.32 Å². The van der Waals surface area contributed by atoms with E-state index in [-0.39, 0.29) is 5.83 Å². The van der Waals surface area contributed by atoms with E-state index in [2.05, 4.69) is 23.8 Å². The van der Waals surface area contributed by atoms with Gasteiger partial charge in [0.05, 0.1) is 12.8 Å². The first-order valence-corrected chi connectivity index (χ1v) is 11.4. The van der Waals surface area contributed by atoms with Gasteiger partial charge < -0.3 is 15.0 Å². The van der Waals surface area contributed by atoms with Gasteiger partial charge in [-0.1, -0.05) is 32.1 Å². The molecule has 0 bridgehead atoms. The molecule has 6 heteroatoms. The highest BCUT2D eigenvalue weighted by molar-refractivity contribution is 6.08. The normalized spacial score (nSPS) is 16.9. The molecular formula is C28H32FN3O2. The number of nitrogens with one attached hydrogen (secondary N) is 1. The molecule has 1 aromatic carbocycles. The first-order chi connectivity index (χ1) is 16.4. The molecule has 2 aliphatic rings. The Balaban J connectivity index is 1.91. The smallest absolute Gasteiger partial charge is 0.154 e. The summed E-state index contributed by atoms with van der Waals surface area (Å²) in [5, 5.41) is 3.31. The number of carbonyl (C=O) groups excluding carboxylic acids is 1. The highest BCUT2D eigenvalue weighted by Crippen LogP contribution is 2.36. The lowest BCUT2D eigenvalue weighted by molar-refractivity contribution is 0.112. The van der Waals surface area contributed by atoms with Gasteiger partial charge in [0.2, 0.25) is 0 Å². The molecule has 0 radical (unpaired) electrons. The van der Waals surface area contributed by atoms with Crippen LogP contribution in [0, 0.1) is 0 Å².